The normalized spacial score (nSPS) is 13.6. The first-order chi connectivity index (χ1) is 11.0. The molecule has 3 rings (SSSR count). The fourth-order valence-electron chi connectivity index (χ4n) is 2.72. The van der Waals surface area contributed by atoms with E-state index in [1.54, 1.807) is 19.1 Å². The van der Waals surface area contributed by atoms with Crippen LogP contribution in [0.15, 0.2) is 35.5 Å². The minimum atomic E-state index is -3.47. The third-order valence-electron chi connectivity index (χ3n) is 3.95. The van der Waals surface area contributed by atoms with Crippen LogP contribution < -0.4 is 5.32 Å². The Hall–Kier alpha value is -2.28. The molecule has 1 aromatic carbocycles. The summed E-state index contributed by atoms with van der Waals surface area (Å²) >= 11 is 0. The van der Waals surface area contributed by atoms with Gasteiger partial charge in [0.1, 0.15) is 12.1 Å². The van der Waals surface area contributed by atoms with Crippen molar-refractivity contribution in [1.29, 1.82) is 0 Å². The molecule has 0 unspecified atom stereocenters. The molecule has 0 atom stereocenters. The van der Waals surface area contributed by atoms with Crippen LogP contribution in [0, 0.1) is 0 Å². The number of amides is 1. The van der Waals surface area contributed by atoms with E-state index in [0.29, 0.717) is 5.82 Å². The zero-order valence-corrected chi connectivity index (χ0v) is 13.6. The molecule has 1 heterocycles. The van der Waals surface area contributed by atoms with Gasteiger partial charge in [-0.1, -0.05) is 19.1 Å². The molecule has 120 valence electrons. The smallest absolute Gasteiger partial charge is 0.258 e. The number of nitrogens with one attached hydrogen (secondary N) is 1. The van der Waals surface area contributed by atoms with Gasteiger partial charge < -0.3 is 5.32 Å². The van der Waals surface area contributed by atoms with E-state index in [1.807, 2.05) is 0 Å². The molecule has 7 heteroatoms. The minimum absolute atomic E-state index is 0.0469. The quantitative estimate of drug-likeness (QED) is 0.926. The number of sulfone groups is 1. The molecule has 0 saturated carbocycles. The molecule has 0 fully saturated rings. The van der Waals surface area contributed by atoms with Crippen molar-refractivity contribution in [2.24, 2.45) is 0 Å². The highest BCUT2D eigenvalue weighted by atomic mass is 32.2. The van der Waals surface area contributed by atoms with Crippen LogP contribution in [-0.2, 0) is 22.7 Å². The number of aromatic nitrogens is 2. The van der Waals surface area contributed by atoms with Gasteiger partial charge in [-0.3, -0.25) is 4.79 Å². The van der Waals surface area contributed by atoms with Gasteiger partial charge in [0, 0.05) is 11.3 Å². The molecular formula is C16H17N3O3S. The first-order valence-electron chi connectivity index (χ1n) is 7.49. The van der Waals surface area contributed by atoms with Crippen molar-refractivity contribution in [3.63, 3.8) is 0 Å². The number of nitrogens with zero attached hydrogens (tertiary/aromatic N) is 2. The molecule has 0 radical (unpaired) electrons. The van der Waals surface area contributed by atoms with E-state index >= 15 is 0 Å². The molecule has 6 nitrogen and oxygen atoms in total. The summed E-state index contributed by atoms with van der Waals surface area (Å²) in [6.07, 6.45) is 4.11. The number of carbonyl (C=O) groups excluding carboxylic acids is 1. The Morgan fingerprint density at radius 2 is 2.00 bits per heavy atom. The van der Waals surface area contributed by atoms with Crippen molar-refractivity contribution in [3.05, 3.63) is 47.4 Å². The zero-order chi connectivity index (χ0) is 16.4. The Morgan fingerprint density at radius 3 is 2.78 bits per heavy atom. The number of anilines is 1. The Labute approximate surface area is 134 Å². The van der Waals surface area contributed by atoms with Gasteiger partial charge in [0.15, 0.2) is 9.84 Å². The highest BCUT2D eigenvalue weighted by Crippen LogP contribution is 2.26. The van der Waals surface area contributed by atoms with Gasteiger partial charge in [0.05, 0.1) is 16.2 Å². The second-order valence-electron chi connectivity index (χ2n) is 5.35. The first-order valence-corrected chi connectivity index (χ1v) is 9.14. The number of benzene rings is 1. The Bertz CT molecular complexity index is 863. The lowest BCUT2D eigenvalue weighted by molar-refractivity contribution is 0.102. The van der Waals surface area contributed by atoms with Crippen LogP contribution in [-0.4, -0.2) is 30.0 Å². The summed E-state index contributed by atoms with van der Waals surface area (Å²) in [5.74, 6) is -0.0492. The Morgan fingerprint density at radius 1 is 1.22 bits per heavy atom. The molecule has 0 aliphatic heterocycles. The average Bonchev–Trinajstić information content (AvgIpc) is 3.04. The summed E-state index contributed by atoms with van der Waals surface area (Å²) in [4.78, 5) is 21.0. The van der Waals surface area contributed by atoms with Crippen molar-refractivity contribution >= 4 is 21.6 Å². The summed E-state index contributed by atoms with van der Waals surface area (Å²) in [6, 6.07) is 6.23. The average molecular weight is 331 g/mol. The monoisotopic (exact) mass is 331 g/mol. The van der Waals surface area contributed by atoms with Crippen molar-refractivity contribution in [1.82, 2.24) is 9.97 Å². The lowest BCUT2D eigenvalue weighted by atomic mass is 10.2. The third-order valence-corrected chi connectivity index (χ3v) is 5.74. The maximum atomic E-state index is 12.6. The van der Waals surface area contributed by atoms with Crippen molar-refractivity contribution in [3.8, 4) is 0 Å². The van der Waals surface area contributed by atoms with Crippen LogP contribution in [0.4, 0.5) is 5.82 Å². The summed E-state index contributed by atoms with van der Waals surface area (Å²) in [7, 11) is -3.47. The zero-order valence-electron chi connectivity index (χ0n) is 12.7. The van der Waals surface area contributed by atoms with E-state index in [2.05, 4.69) is 15.3 Å². The maximum absolute atomic E-state index is 12.6. The van der Waals surface area contributed by atoms with Gasteiger partial charge >= 0.3 is 0 Å². The van der Waals surface area contributed by atoms with Gasteiger partial charge in [0.2, 0.25) is 0 Å². The van der Waals surface area contributed by atoms with Crippen molar-refractivity contribution in [2.45, 2.75) is 31.1 Å². The highest BCUT2D eigenvalue weighted by molar-refractivity contribution is 7.91. The number of fused-ring (bicyclic) bond motifs is 1. The van der Waals surface area contributed by atoms with Crippen LogP contribution in [0.3, 0.4) is 0 Å². The molecule has 1 aliphatic carbocycles. The summed E-state index contributed by atoms with van der Waals surface area (Å²) < 4.78 is 24.3. The summed E-state index contributed by atoms with van der Waals surface area (Å²) in [5, 5.41) is 2.74. The predicted molar refractivity (Wildman–Crippen MR) is 86.2 cm³/mol. The fourth-order valence-corrected chi connectivity index (χ4v) is 3.82. The van der Waals surface area contributed by atoms with Crippen LogP contribution >= 0.6 is 0 Å². The second-order valence-corrected chi connectivity index (χ2v) is 7.60. The fraction of sp³-hybridized carbons (Fsp3) is 0.312. The van der Waals surface area contributed by atoms with Gasteiger partial charge in [0.25, 0.3) is 5.91 Å². The van der Waals surface area contributed by atoms with Crippen LogP contribution in [0.2, 0.25) is 0 Å². The van der Waals surface area contributed by atoms with Gasteiger partial charge in [-0.05, 0) is 31.4 Å². The largest absolute Gasteiger partial charge is 0.306 e. The first kappa shape index (κ1) is 15.6. The molecule has 2 aromatic rings. The highest BCUT2D eigenvalue weighted by Gasteiger charge is 2.23. The molecule has 23 heavy (non-hydrogen) atoms. The standard InChI is InChI=1S/C16H17N3O3S/c1-2-23(21,22)14-9-4-3-6-12(14)16(20)19-15-11-7-5-8-13(11)17-10-18-15/h3-4,6,9-10H,2,5,7-8H2,1H3,(H,17,18,19,20). The molecule has 1 aromatic heterocycles. The molecule has 1 aliphatic rings. The number of aryl methyl sites for hydroxylation is 1. The van der Waals surface area contributed by atoms with Gasteiger partial charge in [-0.2, -0.15) is 0 Å². The van der Waals surface area contributed by atoms with Crippen LogP contribution in [0.1, 0.15) is 35.0 Å². The molecule has 1 N–H and O–H groups in total. The molecule has 0 bridgehead atoms. The molecule has 0 spiro atoms. The number of rotatable bonds is 4. The van der Waals surface area contributed by atoms with E-state index in [0.717, 1.165) is 30.5 Å². The SMILES string of the molecule is CCS(=O)(=O)c1ccccc1C(=O)Nc1ncnc2c1CCC2. The van der Waals surface area contributed by atoms with Crippen LogP contribution in [0.25, 0.3) is 0 Å². The van der Waals surface area contributed by atoms with Crippen LogP contribution in [0.5, 0.6) is 0 Å². The Balaban J connectivity index is 1.96. The lowest BCUT2D eigenvalue weighted by Crippen LogP contribution is -2.19. The Kier molecular flexibility index (Phi) is 4.12. The second kappa shape index (κ2) is 6.08. The number of hydrogen-bond acceptors (Lipinski definition) is 5. The topological polar surface area (TPSA) is 89.0 Å². The van der Waals surface area contributed by atoms with Crippen molar-refractivity contribution < 1.29 is 13.2 Å². The lowest BCUT2D eigenvalue weighted by Gasteiger charge is -2.11. The molecule has 0 saturated heterocycles. The van der Waals surface area contributed by atoms with E-state index in [-0.39, 0.29) is 16.2 Å². The van der Waals surface area contributed by atoms with E-state index < -0.39 is 15.7 Å². The minimum Gasteiger partial charge on any atom is -0.306 e. The maximum Gasteiger partial charge on any atom is 0.258 e. The van der Waals surface area contributed by atoms with E-state index in [9.17, 15) is 13.2 Å². The predicted octanol–water partition coefficient (Wildman–Crippen LogP) is 2.01. The summed E-state index contributed by atoms with van der Waals surface area (Å²) in [6.45, 7) is 1.56. The van der Waals surface area contributed by atoms with E-state index in [1.165, 1.54) is 18.5 Å². The number of hydrogen-bond donors (Lipinski definition) is 1. The van der Waals surface area contributed by atoms with Gasteiger partial charge in [-0.15, -0.1) is 0 Å². The van der Waals surface area contributed by atoms with Gasteiger partial charge in [-0.25, -0.2) is 18.4 Å². The van der Waals surface area contributed by atoms with Crippen molar-refractivity contribution in [2.75, 3.05) is 11.1 Å². The molecule has 1 amide bonds. The third kappa shape index (κ3) is 2.96. The molecular weight excluding hydrogens is 314 g/mol. The van der Waals surface area contributed by atoms with E-state index in [4.69, 9.17) is 0 Å². The number of carbonyl (C=O) groups is 1. The summed E-state index contributed by atoms with van der Waals surface area (Å²) in [5.41, 5.74) is 2.03.